The van der Waals surface area contributed by atoms with Crippen molar-refractivity contribution in [2.75, 3.05) is 14.2 Å². The van der Waals surface area contributed by atoms with Crippen molar-refractivity contribution in [1.82, 2.24) is 0 Å². The lowest BCUT2D eigenvalue weighted by atomic mass is 10.2. The molecule has 2 N–H and O–H groups in total. The molecule has 0 amide bonds. The third kappa shape index (κ3) is 4.12. The normalized spacial score (nSPS) is 8.46. The average molecular weight is 184 g/mol. The van der Waals surface area contributed by atoms with E-state index >= 15 is 0 Å². The summed E-state index contributed by atoms with van der Waals surface area (Å²) < 4.78 is 4.25. The fourth-order valence-electron chi connectivity index (χ4n) is 0.654. The van der Waals surface area contributed by atoms with Gasteiger partial charge < -0.3 is 14.9 Å². The number of hydrogen-bond donors (Lipinski definition) is 2. The first kappa shape index (κ1) is 11.4. The van der Waals surface area contributed by atoms with E-state index in [1.54, 1.807) is 26.4 Å². The highest BCUT2D eigenvalue weighted by atomic mass is 16.4. The van der Waals surface area contributed by atoms with E-state index in [0.717, 1.165) is 0 Å². The summed E-state index contributed by atoms with van der Waals surface area (Å²) in [6, 6.07) is 5.81. The molecule has 0 saturated carbocycles. The number of aromatic carboxylic acids is 1. The van der Waals surface area contributed by atoms with E-state index < -0.39 is 5.97 Å². The van der Waals surface area contributed by atoms with Crippen molar-refractivity contribution in [2.45, 2.75) is 0 Å². The van der Waals surface area contributed by atoms with Crippen molar-refractivity contribution in [3.05, 3.63) is 29.8 Å². The Labute approximate surface area is 76.4 Å². The van der Waals surface area contributed by atoms with Crippen LogP contribution in [0.15, 0.2) is 24.3 Å². The number of ether oxygens (including phenoxy) is 1. The van der Waals surface area contributed by atoms with Gasteiger partial charge in [-0.25, -0.2) is 4.79 Å². The van der Waals surface area contributed by atoms with Crippen LogP contribution in [0.3, 0.4) is 0 Å². The monoisotopic (exact) mass is 184 g/mol. The Hall–Kier alpha value is -1.55. The van der Waals surface area contributed by atoms with Crippen LogP contribution in [0.2, 0.25) is 0 Å². The van der Waals surface area contributed by atoms with Crippen LogP contribution in [0.5, 0.6) is 5.75 Å². The van der Waals surface area contributed by atoms with Crippen molar-refractivity contribution in [1.29, 1.82) is 0 Å². The molecule has 4 nitrogen and oxygen atoms in total. The average Bonchev–Trinajstić information content (AvgIpc) is 2.06. The van der Waals surface area contributed by atoms with Crippen LogP contribution in [0.25, 0.3) is 0 Å². The third-order valence-corrected chi connectivity index (χ3v) is 1.13. The van der Waals surface area contributed by atoms with Gasteiger partial charge in [0, 0.05) is 14.2 Å². The predicted octanol–water partition coefficient (Wildman–Crippen LogP) is 1.35. The molecule has 0 saturated heterocycles. The molecule has 1 aromatic carbocycles. The number of carboxylic acid groups (broad SMARTS) is 1. The van der Waals surface area contributed by atoms with Gasteiger partial charge in [0.05, 0.1) is 0 Å². The first-order valence-corrected chi connectivity index (χ1v) is 3.55. The van der Waals surface area contributed by atoms with Gasteiger partial charge in [0.15, 0.2) is 0 Å². The summed E-state index contributed by atoms with van der Waals surface area (Å²) in [5.74, 6) is -1.31. The van der Waals surface area contributed by atoms with Crippen LogP contribution in [0.4, 0.5) is 0 Å². The number of methoxy groups -OCH3 is 1. The lowest BCUT2D eigenvalue weighted by Gasteiger charge is -1.95. The number of aromatic hydroxyl groups is 1. The Kier molecular flexibility index (Phi) is 5.30. The first-order valence-electron chi connectivity index (χ1n) is 3.55. The molecule has 0 unspecified atom stereocenters. The fourth-order valence-corrected chi connectivity index (χ4v) is 0.654. The number of carbonyl (C=O) groups is 1. The van der Waals surface area contributed by atoms with Crippen molar-refractivity contribution in [3.63, 3.8) is 0 Å². The molecule has 0 bridgehead atoms. The molecule has 0 heterocycles. The number of benzene rings is 1. The van der Waals surface area contributed by atoms with Gasteiger partial charge in [0.2, 0.25) is 0 Å². The second-order valence-corrected chi connectivity index (χ2v) is 2.23. The van der Waals surface area contributed by atoms with Gasteiger partial charge in [-0.15, -0.1) is 0 Å². The van der Waals surface area contributed by atoms with Crippen molar-refractivity contribution in [3.8, 4) is 5.75 Å². The van der Waals surface area contributed by atoms with Crippen LogP contribution >= 0.6 is 0 Å². The number of carboxylic acids is 1. The lowest BCUT2D eigenvalue weighted by Crippen LogP contribution is -1.95. The minimum Gasteiger partial charge on any atom is -0.507 e. The number of para-hydroxylation sites is 1. The molecular weight excluding hydrogens is 172 g/mol. The Morgan fingerprint density at radius 1 is 1.31 bits per heavy atom. The van der Waals surface area contributed by atoms with Gasteiger partial charge in [0.1, 0.15) is 11.3 Å². The van der Waals surface area contributed by atoms with E-state index in [9.17, 15) is 4.79 Å². The third-order valence-electron chi connectivity index (χ3n) is 1.13. The highest BCUT2D eigenvalue weighted by Gasteiger charge is 2.05. The SMILES string of the molecule is COC.O=C(O)c1ccccc1O. The fraction of sp³-hybridized carbons (Fsp3) is 0.222. The maximum absolute atomic E-state index is 10.3. The highest BCUT2D eigenvalue weighted by molar-refractivity contribution is 5.90. The van der Waals surface area contributed by atoms with Crippen molar-refractivity contribution in [2.24, 2.45) is 0 Å². The molecule has 1 aromatic rings. The Bertz CT molecular complexity index is 270. The maximum Gasteiger partial charge on any atom is 0.339 e. The van der Waals surface area contributed by atoms with E-state index in [4.69, 9.17) is 10.2 Å². The first-order chi connectivity index (χ1) is 6.13. The maximum atomic E-state index is 10.3. The van der Waals surface area contributed by atoms with E-state index in [2.05, 4.69) is 4.74 Å². The second-order valence-electron chi connectivity index (χ2n) is 2.23. The largest absolute Gasteiger partial charge is 0.507 e. The molecule has 13 heavy (non-hydrogen) atoms. The smallest absolute Gasteiger partial charge is 0.339 e. The molecule has 0 aliphatic carbocycles. The van der Waals surface area contributed by atoms with Crippen molar-refractivity contribution >= 4 is 5.97 Å². The minimum atomic E-state index is -1.11. The van der Waals surface area contributed by atoms with E-state index in [0.29, 0.717) is 0 Å². The van der Waals surface area contributed by atoms with Gasteiger partial charge in [0.25, 0.3) is 0 Å². The molecule has 0 atom stereocenters. The van der Waals surface area contributed by atoms with Gasteiger partial charge >= 0.3 is 5.97 Å². The predicted molar refractivity (Wildman–Crippen MR) is 48.0 cm³/mol. The summed E-state index contributed by atoms with van der Waals surface area (Å²) in [5.41, 5.74) is -0.0671. The van der Waals surface area contributed by atoms with Gasteiger partial charge in [-0.2, -0.15) is 0 Å². The lowest BCUT2D eigenvalue weighted by molar-refractivity contribution is 0.0694. The molecule has 0 aliphatic rings. The summed E-state index contributed by atoms with van der Waals surface area (Å²) in [4.78, 5) is 10.3. The molecule has 0 fully saturated rings. The van der Waals surface area contributed by atoms with Crippen LogP contribution in [-0.2, 0) is 4.74 Å². The van der Waals surface area contributed by atoms with Gasteiger partial charge in [-0.1, -0.05) is 12.1 Å². The zero-order chi connectivity index (χ0) is 10.3. The Balaban J connectivity index is 0.000000424. The molecule has 0 spiro atoms. The van der Waals surface area contributed by atoms with Crippen molar-refractivity contribution < 1.29 is 19.7 Å². The van der Waals surface area contributed by atoms with E-state index in [-0.39, 0.29) is 11.3 Å². The zero-order valence-electron chi connectivity index (χ0n) is 7.52. The number of phenols is 1. The molecule has 1 rings (SSSR count). The molecule has 4 heteroatoms. The minimum absolute atomic E-state index is 0.0671. The van der Waals surface area contributed by atoms with Crippen LogP contribution in [0, 0.1) is 0 Å². The summed E-state index contributed by atoms with van der Waals surface area (Å²) in [6.45, 7) is 0. The summed E-state index contributed by atoms with van der Waals surface area (Å²) in [7, 11) is 3.25. The topological polar surface area (TPSA) is 66.8 Å². The van der Waals surface area contributed by atoms with Gasteiger partial charge in [-0.05, 0) is 12.1 Å². The quantitative estimate of drug-likeness (QED) is 0.691. The molecular formula is C9H12O4. The standard InChI is InChI=1S/C7H6O3.C2H6O/c8-6-4-2-1-3-5(6)7(9)10;1-3-2/h1-4,8H,(H,9,10);1-2H3. The van der Waals surface area contributed by atoms with Crippen LogP contribution < -0.4 is 0 Å². The summed E-state index contributed by atoms with van der Waals surface area (Å²) in [5, 5.41) is 17.3. The van der Waals surface area contributed by atoms with Crippen LogP contribution in [0.1, 0.15) is 10.4 Å². The summed E-state index contributed by atoms with van der Waals surface area (Å²) in [6.07, 6.45) is 0. The van der Waals surface area contributed by atoms with Gasteiger partial charge in [-0.3, -0.25) is 0 Å². The Morgan fingerprint density at radius 3 is 2.08 bits per heavy atom. The summed E-state index contributed by atoms with van der Waals surface area (Å²) >= 11 is 0. The highest BCUT2D eigenvalue weighted by Crippen LogP contribution is 2.14. The molecule has 0 radical (unpaired) electrons. The second kappa shape index (κ2) is 6.02. The van der Waals surface area contributed by atoms with Crippen LogP contribution in [-0.4, -0.2) is 30.4 Å². The Morgan fingerprint density at radius 2 is 1.77 bits per heavy atom. The van der Waals surface area contributed by atoms with E-state index in [1.165, 1.54) is 12.1 Å². The number of hydrogen-bond acceptors (Lipinski definition) is 3. The molecule has 0 aliphatic heterocycles. The molecule has 0 aromatic heterocycles. The number of rotatable bonds is 1. The molecule has 72 valence electrons. The zero-order valence-corrected chi connectivity index (χ0v) is 7.52. The van der Waals surface area contributed by atoms with E-state index in [1.807, 2.05) is 0 Å².